The molecule has 1 aliphatic rings. The number of H-pyrrole nitrogens is 1. The Hall–Kier alpha value is -2.61. The Balaban J connectivity index is 1.85. The molecule has 8 heteroatoms. The van der Waals surface area contributed by atoms with Crippen LogP contribution >= 0.6 is 0 Å². The van der Waals surface area contributed by atoms with Gasteiger partial charge < -0.3 is 9.84 Å². The molecule has 130 valence electrons. The van der Waals surface area contributed by atoms with Crippen LogP contribution in [0.4, 0.5) is 17.6 Å². The van der Waals surface area contributed by atoms with Gasteiger partial charge in [0.25, 0.3) is 5.92 Å². The number of alkyl halides is 2. The monoisotopic (exact) mass is 352 g/mol. The first-order valence-corrected chi connectivity index (χ1v) is 7.47. The maximum atomic E-state index is 13.9. The van der Waals surface area contributed by atoms with Gasteiger partial charge in [0.05, 0.1) is 11.6 Å². The van der Waals surface area contributed by atoms with Crippen LogP contribution < -0.4 is 4.74 Å². The highest BCUT2D eigenvalue weighted by molar-refractivity contribution is 5.85. The zero-order chi connectivity index (χ0) is 17.9. The standard InChI is InChI=1S/C17H12F4N2O2/c1-7-2-3-11(8-5-17(20,21)16(24)13(7)8)25-12-4-10(18)14(19)15-9(12)6-22-23-15/h2-4,6,16,24H,5H2,1H3,(H,22,23). The van der Waals surface area contributed by atoms with Gasteiger partial charge in [0.2, 0.25) is 0 Å². The normalized spacial score (nSPS) is 18.6. The lowest BCUT2D eigenvalue weighted by Gasteiger charge is -2.15. The van der Waals surface area contributed by atoms with Crippen molar-refractivity contribution < 1.29 is 27.4 Å². The van der Waals surface area contributed by atoms with Crippen LogP contribution in [0.1, 0.15) is 22.8 Å². The number of aromatic amines is 1. The van der Waals surface area contributed by atoms with Crippen molar-refractivity contribution in [1.29, 1.82) is 0 Å². The molecule has 0 amide bonds. The van der Waals surface area contributed by atoms with Crippen molar-refractivity contribution in [1.82, 2.24) is 10.2 Å². The van der Waals surface area contributed by atoms with Crippen LogP contribution in [0.25, 0.3) is 10.9 Å². The van der Waals surface area contributed by atoms with Gasteiger partial charge in [0.1, 0.15) is 23.1 Å². The van der Waals surface area contributed by atoms with Crippen molar-refractivity contribution in [3.05, 3.63) is 52.7 Å². The third-order valence-electron chi connectivity index (χ3n) is 4.43. The number of hydrogen-bond acceptors (Lipinski definition) is 3. The fraction of sp³-hybridized carbons (Fsp3) is 0.235. The highest BCUT2D eigenvalue weighted by Gasteiger charge is 2.48. The molecule has 4 rings (SSSR count). The third-order valence-corrected chi connectivity index (χ3v) is 4.43. The average molecular weight is 352 g/mol. The van der Waals surface area contributed by atoms with E-state index >= 15 is 0 Å². The summed E-state index contributed by atoms with van der Waals surface area (Å²) in [5.41, 5.74) is 0.585. The lowest BCUT2D eigenvalue weighted by molar-refractivity contribution is -0.0970. The zero-order valence-electron chi connectivity index (χ0n) is 12.9. The highest BCUT2D eigenvalue weighted by Crippen LogP contribution is 2.48. The van der Waals surface area contributed by atoms with Crippen molar-refractivity contribution in [3.8, 4) is 11.5 Å². The minimum absolute atomic E-state index is 0.0570. The zero-order valence-corrected chi connectivity index (χ0v) is 12.9. The van der Waals surface area contributed by atoms with E-state index in [9.17, 15) is 22.7 Å². The van der Waals surface area contributed by atoms with Gasteiger partial charge in [-0.2, -0.15) is 5.10 Å². The van der Waals surface area contributed by atoms with Crippen LogP contribution in [0.15, 0.2) is 24.4 Å². The number of aliphatic hydroxyl groups excluding tert-OH is 1. The highest BCUT2D eigenvalue weighted by atomic mass is 19.3. The topological polar surface area (TPSA) is 58.1 Å². The molecule has 0 aliphatic heterocycles. The SMILES string of the molecule is Cc1ccc(Oc2cc(F)c(F)c3[nH]ncc23)c2c1C(O)C(F)(F)C2. The maximum Gasteiger partial charge on any atom is 0.281 e. The predicted octanol–water partition coefficient (Wildman–Crippen LogP) is 4.17. The summed E-state index contributed by atoms with van der Waals surface area (Å²) in [5, 5.41) is 16.0. The molecule has 2 aromatic carbocycles. The first-order chi connectivity index (χ1) is 11.8. The minimum atomic E-state index is -3.31. The number of halogens is 4. The Kier molecular flexibility index (Phi) is 3.30. The second-order valence-electron chi connectivity index (χ2n) is 6.04. The Bertz CT molecular complexity index is 1000. The molecule has 1 atom stereocenters. The van der Waals surface area contributed by atoms with Crippen molar-refractivity contribution in [2.75, 3.05) is 0 Å². The van der Waals surface area contributed by atoms with E-state index < -0.39 is 30.1 Å². The molecule has 1 heterocycles. The number of nitrogens with zero attached hydrogens (tertiary/aromatic N) is 1. The molecule has 0 saturated heterocycles. The Morgan fingerprint density at radius 1 is 1.28 bits per heavy atom. The smallest absolute Gasteiger partial charge is 0.281 e. The van der Waals surface area contributed by atoms with E-state index in [4.69, 9.17) is 4.74 Å². The molecule has 1 aromatic heterocycles. The summed E-state index contributed by atoms with van der Waals surface area (Å²) < 4.78 is 60.9. The number of rotatable bonds is 2. The summed E-state index contributed by atoms with van der Waals surface area (Å²) in [4.78, 5) is 0. The first-order valence-electron chi connectivity index (χ1n) is 7.47. The van der Waals surface area contributed by atoms with Crippen LogP contribution in [0.5, 0.6) is 11.5 Å². The molecule has 0 bridgehead atoms. The molecule has 2 N–H and O–H groups in total. The first kappa shape index (κ1) is 15.9. The fourth-order valence-electron chi connectivity index (χ4n) is 3.18. The molecule has 1 aliphatic carbocycles. The minimum Gasteiger partial charge on any atom is -0.456 e. The molecule has 0 saturated carbocycles. The summed E-state index contributed by atoms with van der Waals surface area (Å²) in [6.07, 6.45) is -1.37. The molecule has 0 fully saturated rings. The molecule has 0 spiro atoms. The molecule has 3 aromatic rings. The van der Waals surface area contributed by atoms with Crippen LogP contribution in [0.3, 0.4) is 0 Å². The van der Waals surface area contributed by atoms with Gasteiger partial charge in [-0.1, -0.05) is 6.07 Å². The van der Waals surface area contributed by atoms with Crippen molar-refractivity contribution in [3.63, 3.8) is 0 Å². The van der Waals surface area contributed by atoms with Gasteiger partial charge in [-0.3, -0.25) is 5.10 Å². The number of fused-ring (bicyclic) bond motifs is 2. The van der Waals surface area contributed by atoms with E-state index in [1.165, 1.54) is 18.3 Å². The maximum absolute atomic E-state index is 13.9. The number of nitrogens with one attached hydrogen (secondary N) is 1. The van der Waals surface area contributed by atoms with Crippen LogP contribution in [-0.2, 0) is 6.42 Å². The number of aliphatic hydroxyl groups is 1. The van der Waals surface area contributed by atoms with E-state index in [1.54, 1.807) is 6.92 Å². The van der Waals surface area contributed by atoms with Gasteiger partial charge in [0.15, 0.2) is 11.6 Å². The molecular weight excluding hydrogens is 340 g/mol. The summed E-state index contributed by atoms with van der Waals surface area (Å²) in [7, 11) is 0. The molecular formula is C17H12F4N2O2. The predicted molar refractivity (Wildman–Crippen MR) is 80.9 cm³/mol. The van der Waals surface area contributed by atoms with Crippen molar-refractivity contribution in [2.24, 2.45) is 0 Å². The second-order valence-corrected chi connectivity index (χ2v) is 6.04. The fourth-order valence-corrected chi connectivity index (χ4v) is 3.18. The van der Waals surface area contributed by atoms with E-state index in [1.807, 2.05) is 0 Å². The van der Waals surface area contributed by atoms with Crippen LogP contribution in [0.2, 0.25) is 0 Å². The summed E-state index contributed by atoms with van der Waals surface area (Å²) in [5.74, 6) is -5.56. The lowest BCUT2D eigenvalue weighted by Crippen LogP contribution is -2.21. The van der Waals surface area contributed by atoms with Gasteiger partial charge in [-0.15, -0.1) is 0 Å². The second kappa shape index (κ2) is 5.19. The van der Waals surface area contributed by atoms with Crippen LogP contribution in [-0.4, -0.2) is 21.2 Å². The summed E-state index contributed by atoms with van der Waals surface area (Å²) >= 11 is 0. The van der Waals surface area contributed by atoms with E-state index in [0.717, 1.165) is 6.07 Å². The van der Waals surface area contributed by atoms with E-state index in [-0.39, 0.29) is 33.5 Å². The van der Waals surface area contributed by atoms with Crippen molar-refractivity contribution >= 4 is 10.9 Å². The third kappa shape index (κ3) is 2.28. The van der Waals surface area contributed by atoms with E-state index in [0.29, 0.717) is 5.56 Å². The van der Waals surface area contributed by atoms with Gasteiger partial charge in [0, 0.05) is 18.1 Å². The Labute approximate surface area is 139 Å². The van der Waals surface area contributed by atoms with E-state index in [2.05, 4.69) is 10.2 Å². The molecule has 0 radical (unpaired) electrons. The lowest BCUT2D eigenvalue weighted by atomic mass is 10.0. The van der Waals surface area contributed by atoms with Gasteiger partial charge in [-0.25, -0.2) is 17.6 Å². The molecule has 25 heavy (non-hydrogen) atoms. The number of aromatic nitrogens is 2. The number of aryl methyl sites for hydroxylation is 1. The summed E-state index contributed by atoms with van der Waals surface area (Å²) in [6.45, 7) is 1.61. The van der Waals surface area contributed by atoms with Crippen LogP contribution in [0, 0.1) is 18.6 Å². The Morgan fingerprint density at radius 2 is 2.04 bits per heavy atom. The average Bonchev–Trinajstić information content (AvgIpc) is 3.12. The van der Waals surface area contributed by atoms with Gasteiger partial charge in [-0.05, 0) is 24.1 Å². The van der Waals surface area contributed by atoms with Crippen molar-refractivity contribution in [2.45, 2.75) is 25.4 Å². The summed E-state index contributed by atoms with van der Waals surface area (Å²) in [6, 6.07) is 3.84. The number of benzene rings is 2. The Morgan fingerprint density at radius 3 is 2.80 bits per heavy atom. The number of ether oxygens (including phenoxy) is 1. The molecule has 1 unspecified atom stereocenters. The largest absolute Gasteiger partial charge is 0.456 e. The number of hydrogen-bond donors (Lipinski definition) is 2. The van der Waals surface area contributed by atoms with Gasteiger partial charge >= 0.3 is 0 Å². The molecule has 4 nitrogen and oxygen atoms in total. The quantitative estimate of drug-likeness (QED) is 0.681.